The Balaban J connectivity index is 0.00000200. The van der Waals surface area contributed by atoms with Crippen LogP contribution in [0.4, 0.5) is 0 Å². The number of nitrogens with one attached hydrogen (secondary N) is 1. The summed E-state index contributed by atoms with van der Waals surface area (Å²) in [6, 6.07) is 0.683. The van der Waals surface area contributed by atoms with E-state index in [0.717, 1.165) is 25.2 Å². The van der Waals surface area contributed by atoms with Crippen molar-refractivity contribution in [2.75, 3.05) is 0 Å². The van der Waals surface area contributed by atoms with Gasteiger partial charge in [0.15, 0.2) is 0 Å². The lowest BCUT2D eigenvalue weighted by Gasteiger charge is -2.29. The van der Waals surface area contributed by atoms with Gasteiger partial charge in [-0.15, -0.1) is 12.4 Å². The summed E-state index contributed by atoms with van der Waals surface area (Å²) in [6.07, 6.45) is 11.9. The molecule has 3 N–H and O–H groups in total. The molecule has 2 aliphatic carbocycles. The number of hydrogen-bond acceptors (Lipinski definition) is 2. The predicted molar refractivity (Wildman–Crippen MR) is 86.0 cm³/mol. The fourth-order valence-electron chi connectivity index (χ4n) is 3.66. The van der Waals surface area contributed by atoms with E-state index in [2.05, 4.69) is 12.2 Å². The molecular weight excluding hydrogens is 272 g/mol. The SMILES string of the molecule is CCCCC1CCC(NC(=O)C2CCC(N)C2)CC1.Cl. The van der Waals surface area contributed by atoms with Crippen LogP contribution in [-0.4, -0.2) is 18.0 Å². The Morgan fingerprint density at radius 1 is 1.15 bits per heavy atom. The highest BCUT2D eigenvalue weighted by Crippen LogP contribution is 2.29. The molecule has 0 heterocycles. The van der Waals surface area contributed by atoms with Crippen LogP contribution in [0.3, 0.4) is 0 Å². The third kappa shape index (κ3) is 5.25. The van der Waals surface area contributed by atoms with E-state index in [1.54, 1.807) is 0 Å². The van der Waals surface area contributed by atoms with Crippen molar-refractivity contribution in [1.82, 2.24) is 5.32 Å². The summed E-state index contributed by atoms with van der Waals surface area (Å²) in [7, 11) is 0. The van der Waals surface area contributed by atoms with Gasteiger partial charge in [-0.05, 0) is 50.9 Å². The number of halogens is 1. The van der Waals surface area contributed by atoms with E-state index in [9.17, 15) is 4.79 Å². The first-order valence-corrected chi connectivity index (χ1v) is 8.25. The molecule has 20 heavy (non-hydrogen) atoms. The molecule has 118 valence electrons. The van der Waals surface area contributed by atoms with E-state index in [4.69, 9.17) is 5.73 Å². The standard InChI is InChI=1S/C16H30N2O.ClH/c1-2-3-4-12-5-9-15(10-6-12)18-16(19)13-7-8-14(17)11-13;/h12-15H,2-11,17H2,1H3,(H,18,19);1H. The zero-order chi connectivity index (χ0) is 13.7. The molecule has 0 aromatic rings. The van der Waals surface area contributed by atoms with Crippen molar-refractivity contribution in [3.05, 3.63) is 0 Å². The number of carbonyl (C=O) groups excluding carboxylic acids is 1. The van der Waals surface area contributed by atoms with Crippen LogP contribution in [0.5, 0.6) is 0 Å². The van der Waals surface area contributed by atoms with Crippen molar-refractivity contribution < 1.29 is 4.79 Å². The lowest BCUT2D eigenvalue weighted by Crippen LogP contribution is -2.40. The van der Waals surface area contributed by atoms with Crippen LogP contribution in [0.25, 0.3) is 0 Å². The fourth-order valence-corrected chi connectivity index (χ4v) is 3.66. The lowest BCUT2D eigenvalue weighted by molar-refractivity contribution is -0.125. The molecule has 4 heteroatoms. The average Bonchev–Trinajstić information content (AvgIpc) is 2.85. The molecule has 2 atom stereocenters. The molecule has 0 bridgehead atoms. The first-order valence-electron chi connectivity index (χ1n) is 8.25. The summed E-state index contributed by atoms with van der Waals surface area (Å²) in [4.78, 5) is 12.1. The van der Waals surface area contributed by atoms with Gasteiger partial charge in [-0.2, -0.15) is 0 Å². The molecule has 1 amide bonds. The second-order valence-corrected chi connectivity index (χ2v) is 6.64. The molecule has 2 unspecified atom stereocenters. The normalized spacial score (nSPS) is 33.5. The van der Waals surface area contributed by atoms with Gasteiger partial charge in [0.1, 0.15) is 0 Å². The minimum atomic E-state index is 0. The van der Waals surface area contributed by atoms with Gasteiger partial charge in [0.2, 0.25) is 5.91 Å². The average molecular weight is 303 g/mol. The predicted octanol–water partition coefficient (Wildman–Crippen LogP) is 3.40. The van der Waals surface area contributed by atoms with E-state index in [-0.39, 0.29) is 30.3 Å². The number of rotatable bonds is 5. The Hall–Kier alpha value is -0.280. The highest BCUT2D eigenvalue weighted by Gasteiger charge is 2.30. The van der Waals surface area contributed by atoms with Crippen molar-refractivity contribution >= 4 is 18.3 Å². The highest BCUT2D eigenvalue weighted by molar-refractivity contribution is 5.85. The first kappa shape index (κ1) is 17.8. The molecule has 0 aromatic heterocycles. The number of unbranched alkanes of at least 4 members (excludes halogenated alkanes) is 1. The molecule has 0 aliphatic heterocycles. The second-order valence-electron chi connectivity index (χ2n) is 6.64. The molecule has 2 aliphatic rings. The van der Waals surface area contributed by atoms with E-state index in [1.807, 2.05) is 0 Å². The molecule has 0 spiro atoms. The van der Waals surface area contributed by atoms with E-state index in [0.29, 0.717) is 6.04 Å². The molecule has 0 saturated heterocycles. The van der Waals surface area contributed by atoms with Crippen LogP contribution < -0.4 is 11.1 Å². The number of amides is 1. The van der Waals surface area contributed by atoms with Gasteiger partial charge in [0.25, 0.3) is 0 Å². The maximum absolute atomic E-state index is 12.1. The van der Waals surface area contributed by atoms with Crippen molar-refractivity contribution in [2.24, 2.45) is 17.6 Å². The molecule has 2 rings (SSSR count). The van der Waals surface area contributed by atoms with Crippen LogP contribution >= 0.6 is 12.4 Å². The number of nitrogens with two attached hydrogens (primary N) is 1. The lowest BCUT2D eigenvalue weighted by atomic mass is 9.83. The Bertz CT molecular complexity index is 290. The molecule has 0 aromatic carbocycles. The van der Waals surface area contributed by atoms with Gasteiger partial charge < -0.3 is 11.1 Å². The first-order chi connectivity index (χ1) is 9.19. The Morgan fingerprint density at radius 2 is 1.85 bits per heavy atom. The maximum Gasteiger partial charge on any atom is 0.223 e. The van der Waals surface area contributed by atoms with Gasteiger partial charge in [0.05, 0.1) is 0 Å². The molecule has 2 fully saturated rings. The smallest absolute Gasteiger partial charge is 0.223 e. The Kier molecular flexibility index (Phi) is 7.90. The Morgan fingerprint density at radius 3 is 2.40 bits per heavy atom. The van der Waals surface area contributed by atoms with Crippen molar-refractivity contribution in [1.29, 1.82) is 0 Å². The summed E-state index contributed by atoms with van der Waals surface area (Å²) in [5, 5.41) is 3.26. The van der Waals surface area contributed by atoms with Crippen LogP contribution in [0, 0.1) is 11.8 Å². The molecule has 3 nitrogen and oxygen atoms in total. The quantitative estimate of drug-likeness (QED) is 0.818. The van der Waals surface area contributed by atoms with Gasteiger partial charge in [-0.1, -0.05) is 26.2 Å². The second kappa shape index (κ2) is 8.89. The van der Waals surface area contributed by atoms with Crippen molar-refractivity contribution in [3.8, 4) is 0 Å². The van der Waals surface area contributed by atoms with E-state index < -0.39 is 0 Å². The summed E-state index contributed by atoms with van der Waals surface area (Å²) < 4.78 is 0. The van der Waals surface area contributed by atoms with Crippen molar-refractivity contribution in [3.63, 3.8) is 0 Å². The third-order valence-corrected chi connectivity index (χ3v) is 5.00. The summed E-state index contributed by atoms with van der Waals surface area (Å²) in [5.41, 5.74) is 5.88. The van der Waals surface area contributed by atoms with E-state index >= 15 is 0 Å². The van der Waals surface area contributed by atoms with Crippen LogP contribution in [0.2, 0.25) is 0 Å². The summed E-state index contributed by atoms with van der Waals surface area (Å²) in [6.45, 7) is 2.26. The van der Waals surface area contributed by atoms with Crippen LogP contribution in [-0.2, 0) is 4.79 Å². The topological polar surface area (TPSA) is 55.1 Å². The summed E-state index contributed by atoms with van der Waals surface area (Å²) in [5.74, 6) is 1.37. The fraction of sp³-hybridized carbons (Fsp3) is 0.938. The molecule has 2 saturated carbocycles. The van der Waals surface area contributed by atoms with Gasteiger partial charge in [0, 0.05) is 18.0 Å². The van der Waals surface area contributed by atoms with Crippen molar-refractivity contribution in [2.45, 2.75) is 83.2 Å². The zero-order valence-electron chi connectivity index (χ0n) is 12.8. The third-order valence-electron chi connectivity index (χ3n) is 5.00. The summed E-state index contributed by atoms with van der Waals surface area (Å²) >= 11 is 0. The Labute approximate surface area is 129 Å². The highest BCUT2D eigenvalue weighted by atomic mass is 35.5. The van der Waals surface area contributed by atoms with E-state index in [1.165, 1.54) is 44.9 Å². The number of hydrogen-bond donors (Lipinski definition) is 2. The van der Waals surface area contributed by atoms with Crippen LogP contribution in [0.1, 0.15) is 71.1 Å². The van der Waals surface area contributed by atoms with Crippen LogP contribution in [0.15, 0.2) is 0 Å². The molecule has 0 radical (unpaired) electrons. The monoisotopic (exact) mass is 302 g/mol. The van der Waals surface area contributed by atoms with Gasteiger partial charge in [-0.25, -0.2) is 0 Å². The maximum atomic E-state index is 12.1. The van der Waals surface area contributed by atoms with Gasteiger partial charge >= 0.3 is 0 Å². The molecular formula is C16H31ClN2O. The number of carbonyl (C=O) groups is 1. The van der Waals surface area contributed by atoms with Gasteiger partial charge in [-0.3, -0.25) is 4.79 Å². The minimum absolute atomic E-state index is 0. The largest absolute Gasteiger partial charge is 0.353 e. The minimum Gasteiger partial charge on any atom is -0.353 e. The zero-order valence-corrected chi connectivity index (χ0v) is 13.6.